The third-order valence-corrected chi connectivity index (χ3v) is 4.33. The summed E-state index contributed by atoms with van der Waals surface area (Å²) in [6.07, 6.45) is 6.05. The van der Waals surface area contributed by atoms with Gasteiger partial charge in [0.05, 0.1) is 18.6 Å². The molecule has 128 valence electrons. The van der Waals surface area contributed by atoms with Crippen LogP contribution in [0.2, 0.25) is 0 Å². The number of amides is 2. The highest BCUT2D eigenvalue weighted by Crippen LogP contribution is 2.28. The second-order valence-corrected chi connectivity index (χ2v) is 6.27. The van der Waals surface area contributed by atoms with Crippen molar-refractivity contribution in [3.8, 4) is 0 Å². The molecular formula is C16H30N2O4. The van der Waals surface area contributed by atoms with E-state index in [-0.39, 0.29) is 12.3 Å². The van der Waals surface area contributed by atoms with Crippen LogP contribution in [0.5, 0.6) is 0 Å². The number of carbonyl (C=O) groups excluding carboxylic acids is 1. The van der Waals surface area contributed by atoms with Crippen LogP contribution in [0.3, 0.4) is 0 Å². The molecule has 22 heavy (non-hydrogen) atoms. The molecule has 6 nitrogen and oxygen atoms in total. The Kier molecular flexibility index (Phi) is 8.89. The first-order valence-electron chi connectivity index (χ1n) is 8.47. The van der Waals surface area contributed by atoms with E-state index in [1.54, 1.807) is 0 Å². The molecule has 0 aliphatic heterocycles. The molecule has 1 aliphatic carbocycles. The number of rotatable bonds is 9. The van der Waals surface area contributed by atoms with Crippen LogP contribution in [-0.4, -0.2) is 40.9 Å². The molecule has 0 aromatic carbocycles. The van der Waals surface area contributed by atoms with E-state index in [2.05, 4.69) is 10.6 Å². The van der Waals surface area contributed by atoms with Crippen molar-refractivity contribution in [2.45, 2.75) is 76.9 Å². The molecule has 2 atom stereocenters. The van der Waals surface area contributed by atoms with E-state index < -0.39 is 18.2 Å². The summed E-state index contributed by atoms with van der Waals surface area (Å²) in [4.78, 5) is 22.7. The summed E-state index contributed by atoms with van der Waals surface area (Å²) in [5, 5.41) is 24.3. The first-order valence-corrected chi connectivity index (χ1v) is 8.47. The molecule has 0 heterocycles. The topological polar surface area (TPSA) is 98.7 Å². The number of carbonyl (C=O) groups is 2. The maximum absolute atomic E-state index is 11.8. The van der Waals surface area contributed by atoms with Crippen LogP contribution >= 0.6 is 0 Å². The molecule has 0 radical (unpaired) electrons. The van der Waals surface area contributed by atoms with Crippen molar-refractivity contribution in [1.29, 1.82) is 0 Å². The zero-order valence-electron chi connectivity index (χ0n) is 13.5. The van der Waals surface area contributed by atoms with Gasteiger partial charge in [0.1, 0.15) is 0 Å². The largest absolute Gasteiger partial charge is 0.465 e. The van der Waals surface area contributed by atoms with Gasteiger partial charge in [0.25, 0.3) is 0 Å². The first-order chi connectivity index (χ1) is 10.5. The van der Waals surface area contributed by atoms with Crippen molar-refractivity contribution >= 4 is 12.0 Å². The van der Waals surface area contributed by atoms with Crippen LogP contribution < -0.4 is 10.6 Å². The van der Waals surface area contributed by atoms with E-state index in [0.717, 1.165) is 38.5 Å². The minimum atomic E-state index is -1.15. The second-order valence-electron chi connectivity index (χ2n) is 6.27. The van der Waals surface area contributed by atoms with Crippen molar-refractivity contribution in [1.82, 2.24) is 10.6 Å². The first kappa shape index (κ1) is 18.7. The SMILES string of the molecule is CCCCNC(=O)C[C@H](O)[C@H](CC1CCCCC1)NC(=O)O. The van der Waals surface area contributed by atoms with Crippen LogP contribution in [0.4, 0.5) is 4.79 Å². The fourth-order valence-electron chi connectivity index (χ4n) is 3.06. The van der Waals surface area contributed by atoms with Gasteiger partial charge >= 0.3 is 6.09 Å². The van der Waals surface area contributed by atoms with E-state index in [1.807, 2.05) is 6.92 Å². The van der Waals surface area contributed by atoms with Crippen LogP contribution in [-0.2, 0) is 4.79 Å². The Morgan fingerprint density at radius 2 is 1.91 bits per heavy atom. The normalized spacial score (nSPS) is 18.5. The molecule has 1 saturated carbocycles. The smallest absolute Gasteiger partial charge is 0.404 e. The molecule has 0 aromatic heterocycles. The Bertz CT molecular complexity index is 343. The molecule has 0 unspecified atom stereocenters. The average Bonchev–Trinajstić information content (AvgIpc) is 2.47. The van der Waals surface area contributed by atoms with E-state index in [9.17, 15) is 14.7 Å². The lowest BCUT2D eigenvalue weighted by atomic mass is 9.83. The maximum atomic E-state index is 11.8. The van der Waals surface area contributed by atoms with Crippen molar-refractivity contribution in [2.24, 2.45) is 5.92 Å². The summed E-state index contributed by atoms with van der Waals surface area (Å²) in [5.74, 6) is 0.213. The third kappa shape index (κ3) is 7.64. The van der Waals surface area contributed by atoms with Crippen LogP contribution in [0, 0.1) is 5.92 Å². The lowest BCUT2D eigenvalue weighted by Gasteiger charge is -2.29. The molecule has 0 spiro atoms. The molecule has 0 aromatic rings. The lowest BCUT2D eigenvalue weighted by molar-refractivity contribution is -0.123. The van der Waals surface area contributed by atoms with E-state index >= 15 is 0 Å². The molecule has 1 aliphatic rings. The Hall–Kier alpha value is -1.30. The number of unbranched alkanes of at least 4 members (excludes halogenated alkanes) is 1. The molecule has 0 bridgehead atoms. The zero-order chi connectivity index (χ0) is 16.4. The summed E-state index contributed by atoms with van der Waals surface area (Å²) in [6, 6.07) is -0.572. The average molecular weight is 314 g/mol. The van der Waals surface area contributed by atoms with Crippen molar-refractivity contribution in [3.05, 3.63) is 0 Å². The monoisotopic (exact) mass is 314 g/mol. The summed E-state index contributed by atoms with van der Waals surface area (Å²) >= 11 is 0. The minimum absolute atomic E-state index is 0.0542. The molecule has 1 fully saturated rings. The standard InChI is InChI=1S/C16H30N2O4/c1-2-3-9-17-15(20)11-14(19)13(18-16(21)22)10-12-7-5-4-6-8-12/h12-14,18-19H,2-11H2,1H3,(H,17,20)(H,21,22)/t13-,14-/m0/s1. The fourth-order valence-corrected chi connectivity index (χ4v) is 3.06. The number of nitrogens with one attached hydrogen (secondary N) is 2. The van der Waals surface area contributed by atoms with Crippen molar-refractivity contribution < 1.29 is 19.8 Å². The second kappa shape index (κ2) is 10.4. The number of hydrogen-bond acceptors (Lipinski definition) is 3. The summed E-state index contributed by atoms with van der Waals surface area (Å²) in [6.45, 7) is 2.64. The van der Waals surface area contributed by atoms with Gasteiger partial charge in [-0.05, 0) is 18.8 Å². The highest BCUT2D eigenvalue weighted by Gasteiger charge is 2.27. The van der Waals surface area contributed by atoms with E-state index in [0.29, 0.717) is 18.9 Å². The van der Waals surface area contributed by atoms with Gasteiger partial charge in [-0.25, -0.2) is 4.79 Å². The van der Waals surface area contributed by atoms with Gasteiger partial charge in [0.15, 0.2) is 0 Å². The highest BCUT2D eigenvalue weighted by atomic mass is 16.4. The van der Waals surface area contributed by atoms with E-state index in [4.69, 9.17) is 5.11 Å². The molecular weight excluding hydrogens is 284 g/mol. The zero-order valence-corrected chi connectivity index (χ0v) is 13.5. The third-order valence-electron chi connectivity index (χ3n) is 4.33. The van der Waals surface area contributed by atoms with Gasteiger partial charge < -0.3 is 20.8 Å². The van der Waals surface area contributed by atoms with Gasteiger partial charge in [-0.1, -0.05) is 45.4 Å². The molecule has 4 N–H and O–H groups in total. The lowest BCUT2D eigenvalue weighted by Crippen LogP contribution is -2.46. The van der Waals surface area contributed by atoms with Gasteiger partial charge in [-0.3, -0.25) is 4.79 Å². The van der Waals surface area contributed by atoms with Gasteiger partial charge in [-0.2, -0.15) is 0 Å². The van der Waals surface area contributed by atoms with Crippen molar-refractivity contribution in [3.63, 3.8) is 0 Å². The number of carboxylic acid groups (broad SMARTS) is 1. The molecule has 0 saturated heterocycles. The molecule has 6 heteroatoms. The predicted molar refractivity (Wildman–Crippen MR) is 84.7 cm³/mol. The minimum Gasteiger partial charge on any atom is -0.465 e. The van der Waals surface area contributed by atoms with E-state index in [1.165, 1.54) is 6.42 Å². The maximum Gasteiger partial charge on any atom is 0.404 e. The van der Waals surface area contributed by atoms with Crippen LogP contribution in [0.25, 0.3) is 0 Å². The highest BCUT2D eigenvalue weighted by molar-refractivity contribution is 5.76. The number of aliphatic hydroxyl groups is 1. The summed E-state index contributed by atoms with van der Waals surface area (Å²) in [7, 11) is 0. The van der Waals surface area contributed by atoms with Crippen LogP contribution in [0.15, 0.2) is 0 Å². The Balaban J connectivity index is 2.46. The summed E-state index contributed by atoms with van der Waals surface area (Å²) < 4.78 is 0. The number of aliphatic hydroxyl groups excluding tert-OH is 1. The van der Waals surface area contributed by atoms with Gasteiger partial charge in [0.2, 0.25) is 5.91 Å². The van der Waals surface area contributed by atoms with Crippen LogP contribution in [0.1, 0.15) is 64.7 Å². The quantitative estimate of drug-likeness (QED) is 0.491. The Morgan fingerprint density at radius 3 is 2.50 bits per heavy atom. The Labute approximate surface area is 132 Å². The summed E-state index contributed by atoms with van der Waals surface area (Å²) in [5.41, 5.74) is 0. The number of hydrogen-bond donors (Lipinski definition) is 4. The van der Waals surface area contributed by atoms with Gasteiger partial charge in [0, 0.05) is 6.54 Å². The Morgan fingerprint density at radius 1 is 1.23 bits per heavy atom. The molecule has 1 rings (SSSR count). The molecule has 2 amide bonds. The van der Waals surface area contributed by atoms with Gasteiger partial charge in [-0.15, -0.1) is 0 Å². The fraction of sp³-hybridized carbons (Fsp3) is 0.875. The van der Waals surface area contributed by atoms with Crippen molar-refractivity contribution in [2.75, 3.05) is 6.54 Å². The predicted octanol–water partition coefficient (Wildman–Crippen LogP) is 2.26.